The second-order valence-corrected chi connectivity index (χ2v) is 9.77. The van der Waals surface area contributed by atoms with Gasteiger partial charge in [0, 0.05) is 74.3 Å². The zero-order chi connectivity index (χ0) is 23.7. The van der Waals surface area contributed by atoms with Crippen LogP contribution in [-0.4, -0.2) is 72.7 Å². The molecule has 0 saturated carbocycles. The number of piperazine rings is 1. The highest BCUT2D eigenvalue weighted by Crippen LogP contribution is 2.27. The molecule has 5 rings (SSSR count). The molecule has 0 aliphatic carbocycles. The van der Waals surface area contributed by atoms with Gasteiger partial charge in [-0.25, -0.2) is 4.79 Å². The first-order valence-corrected chi connectivity index (χ1v) is 12.5. The molecule has 6 nitrogen and oxygen atoms in total. The summed E-state index contributed by atoms with van der Waals surface area (Å²) in [5, 5.41) is 1.24. The number of anilines is 2. The Hall–Kier alpha value is -3.12. The normalized spacial score (nSPS) is 17.4. The SMILES string of the molecule is Cc1ccc2c(N3CCN(CCc4cccc(N5CCN(C(C)C)C5=O)c4)CC3)cccc2n1. The molecule has 0 bridgehead atoms. The van der Waals surface area contributed by atoms with E-state index in [9.17, 15) is 4.79 Å². The summed E-state index contributed by atoms with van der Waals surface area (Å²) in [5.41, 5.74) is 5.75. The fourth-order valence-corrected chi connectivity index (χ4v) is 5.17. The molecule has 178 valence electrons. The summed E-state index contributed by atoms with van der Waals surface area (Å²) in [7, 11) is 0. The third-order valence-electron chi connectivity index (χ3n) is 7.16. The van der Waals surface area contributed by atoms with Crippen LogP contribution < -0.4 is 9.80 Å². The Kier molecular flexibility index (Phi) is 6.42. The van der Waals surface area contributed by atoms with Gasteiger partial charge in [-0.3, -0.25) is 14.8 Å². The molecule has 2 aromatic carbocycles. The van der Waals surface area contributed by atoms with Crippen LogP contribution in [0.4, 0.5) is 16.2 Å². The summed E-state index contributed by atoms with van der Waals surface area (Å²) in [4.78, 5) is 26.4. The Morgan fingerprint density at radius 1 is 0.912 bits per heavy atom. The molecule has 2 fully saturated rings. The molecule has 2 saturated heterocycles. The van der Waals surface area contributed by atoms with Crippen molar-refractivity contribution in [1.82, 2.24) is 14.8 Å². The molecule has 2 aliphatic heterocycles. The van der Waals surface area contributed by atoms with Gasteiger partial charge >= 0.3 is 6.03 Å². The van der Waals surface area contributed by atoms with E-state index in [4.69, 9.17) is 4.98 Å². The van der Waals surface area contributed by atoms with Crippen molar-refractivity contribution in [3.05, 3.63) is 65.9 Å². The van der Waals surface area contributed by atoms with Gasteiger partial charge in [-0.05, 0) is 69.2 Å². The molecule has 2 aliphatic rings. The highest BCUT2D eigenvalue weighted by atomic mass is 16.2. The van der Waals surface area contributed by atoms with Crippen molar-refractivity contribution in [2.75, 3.05) is 55.6 Å². The van der Waals surface area contributed by atoms with Gasteiger partial charge in [0.2, 0.25) is 0 Å². The number of carbonyl (C=O) groups excluding carboxylic acids is 1. The molecule has 0 spiro atoms. The fourth-order valence-electron chi connectivity index (χ4n) is 5.17. The quantitative estimate of drug-likeness (QED) is 0.544. The summed E-state index contributed by atoms with van der Waals surface area (Å²) in [6.07, 6.45) is 1.00. The largest absolute Gasteiger partial charge is 0.368 e. The summed E-state index contributed by atoms with van der Waals surface area (Å²) in [6.45, 7) is 13.0. The van der Waals surface area contributed by atoms with Gasteiger partial charge in [0.25, 0.3) is 0 Å². The van der Waals surface area contributed by atoms with Crippen LogP contribution in [0.25, 0.3) is 10.9 Å². The van der Waals surface area contributed by atoms with Crippen LogP contribution in [0.2, 0.25) is 0 Å². The smallest absolute Gasteiger partial charge is 0.324 e. The zero-order valence-corrected chi connectivity index (χ0v) is 20.6. The molecular weight excluding hydrogens is 422 g/mol. The molecule has 0 N–H and O–H groups in total. The predicted molar refractivity (Wildman–Crippen MR) is 140 cm³/mol. The maximum atomic E-state index is 12.7. The van der Waals surface area contributed by atoms with Crippen molar-refractivity contribution >= 4 is 28.3 Å². The van der Waals surface area contributed by atoms with Gasteiger partial charge in [0.1, 0.15) is 0 Å². The molecule has 3 aromatic rings. The highest BCUT2D eigenvalue weighted by molar-refractivity contribution is 5.94. The molecule has 1 aromatic heterocycles. The minimum Gasteiger partial charge on any atom is -0.368 e. The molecule has 6 heteroatoms. The first kappa shape index (κ1) is 22.7. The van der Waals surface area contributed by atoms with Gasteiger partial charge in [-0.2, -0.15) is 0 Å². The number of amides is 2. The molecular formula is C28H35N5O. The van der Waals surface area contributed by atoms with Crippen LogP contribution in [0.15, 0.2) is 54.6 Å². The van der Waals surface area contributed by atoms with Crippen molar-refractivity contribution in [3.63, 3.8) is 0 Å². The Morgan fingerprint density at radius 3 is 2.47 bits per heavy atom. The van der Waals surface area contributed by atoms with Crippen LogP contribution in [-0.2, 0) is 6.42 Å². The predicted octanol–water partition coefficient (Wildman–Crippen LogP) is 4.56. The Balaban J connectivity index is 1.18. The molecule has 34 heavy (non-hydrogen) atoms. The van der Waals surface area contributed by atoms with E-state index in [0.717, 1.165) is 69.1 Å². The van der Waals surface area contributed by atoms with Crippen molar-refractivity contribution in [2.24, 2.45) is 0 Å². The maximum Gasteiger partial charge on any atom is 0.324 e. The Labute approximate surface area is 202 Å². The second kappa shape index (κ2) is 9.63. The lowest BCUT2D eigenvalue weighted by Crippen LogP contribution is -2.47. The van der Waals surface area contributed by atoms with E-state index < -0.39 is 0 Å². The van der Waals surface area contributed by atoms with Gasteiger partial charge in [0.15, 0.2) is 0 Å². The van der Waals surface area contributed by atoms with Gasteiger partial charge < -0.3 is 9.80 Å². The third kappa shape index (κ3) is 4.60. The number of hydrogen-bond acceptors (Lipinski definition) is 4. The minimum absolute atomic E-state index is 0.127. The zero-order valence-electron chi connectivity index (χ0n) is 20.6. The fraction of sp³-hybridized carbons (Fsp3) is 0.429. The average molecular weight is 458 g/mol. The van der Waals surface area contributed by atoms with Crippen LogP contribution in [0, 0.1) is 6.92 Å². The molecule has 0 unspecified atom stereocenters. The first-order chi connectivity index (χ1) is 16.5. The van der Waals surface area contributed by atoms with Crippen molar-refractivity contribution in [2.45, 2.75) is 33.2 Å². The summed E-state index contributed by atoms with van der Waals surface area (Å²) in [5.74, 6) is 0. The lowest BCUT2D eigenvalue weighted by atomic mass is 10.1. The van der Waals surface area contributed by atoms with Gasteiger partial charge in [-0.15, -0.1) is 0 Å². The summed E-state index contributed by atoms with van der Waals surface area (Å²) >= 11 is 0. The number of fused-ring (bicyclic) bond motifs is 1. The van der Waals surface area contributed by atoms with Crippen LogP contribution in [0.1, 0.15) is 25.1 Å². The third-order valence-corrected chi connectivity index (χ3v) is 7.16. The topological polar surface area (TPSA) is 42.9 Å². The first-order valence-electron chi connectivity index (χ1n) is 12.5. The van der Waals surface area contributed by atoms with E-state index in [-0.39, 0.29) is 12.1 Å². The van der Waals surface area contributed by atoms with Crippen LogP contribution >= 0.6 is 0 Å². The maximum absolute atomic E-state index is 12.7. The number of nitrogens with zero attached hydrogens (tertiary/aromatic N) is 5. The number of aryl methyl sites for hydroxylation is 1. The molecule has 2 amide bonds. The number of urea groups is 1. The van der Waals surface area contributed by atoms with E-state index in [1.165, 1.54) is 16.6 Å². The van der Waals surface area contributed by atoms with Crippen molar-refractivity contribution < 1.29 is 4.79 Å². The Bertz CT molecular complexity index is 1170. The number of rotatable bonds is 6. The van der Waals surface area contributed by atoms with Gasteiger partial charge in [0.05, 0.1) is 5.52 Å². The van der Waals surface area contributed by atoms with E-state index in [0.29, 0.717) is 0 Å². The average Bonchev–Trinajstić information content (AvgIpc) is 3.24. The summed E-state index contributed by atoms with van der Waals surface area (Å²) in [6, 6.07) is 19.7. The van der Waals surface area contributed by atoms with Crippen molar-refractivity contribution in [3.8, 4) is 0 Å². The number of hydrogen-bond donors (Lipinski definition) is 0. The second-order valence-electron chi connectivity index (χ2n) is 9.77. The highest BCUT2D eigenvalue weighted by Gasteiger charge is 2.31. The van der Waals surface area contributed by atoms with E-state index in [1.54, 1.807) is 0 Å². The standard InChI is InChI=1S/C28H35N5O/c1-21(2)32-18-19-33(28(32)34)24-7-4-6-23(20-24)12-13-30-14-16-31(17-15-30)27-9-5-8-26-25(27)11-10-22(3)29-26/h4-11,20-21H,12-19H2,1-3H3. The van der Waals surface area contributed by atoms with Crippen LogP contribution in [0.3, 0.4) is 0 Å². The molecule has 3 heterocycles. The van der Waals surface area contributed by atoms with E-state index >= 15 is 0 Å². The minimum atomic E-state index is 0.127. The lowest BCUT2D eigenvalue weighted by Gasteiger charge is -2.36. The summed E-state index contributed by atoms with van der Waals surface area (Å²) < 4.78 is 0. The Morgan fingerprint density at radius 2 is 1.71 bits per heavy atom. The monoisotopic (exact) mass is 457 g/mol. The van der Waals surface area contributed by atoms with Crippen molar-refractivity contribution in [1.29, 1.82) is 0 Å². The number of benzene rings is 2. The lowest BCUT2D eigenvalue weighted by molar-refractivity contribution is 0.209. The molecule has 0 radical (unpaired) electrons. The van der Waals surface area contributed by atoms with E-state index in [1.807, 2.05) is 16.7 Å². The number of aromatic nitrogens is 1. The van der Waals surface area contributed by atoms with E-state index in [2.05, 4.69) is 78.2 Å². The number of pyridine rings is 1. The van der Waals surface area contributed by atoms with Crippen LogP contribution in [0.5, 0.6) is 0 Å². The van der Waals surface area contributed by atoms with Gasteiger partial charge in [-0.1, -0.05) is 18.2 Å². The molecule has 0 atom stereocenters. The number of carbonyl (C=O) groups is 1.